The maximum Gasteiger partial charge on any atom is 0.410 e. The highest BCUT2D eigenvalue weighted by atomic mass is 79.9. The number of anilines is 1. The number of esters is 1. The van der Waals surface area contributed by atoms with Crippen LogP contribution in [0.2, 0.25) is 0 Å². The van der Waals surface area contributed by atoms with Gasteiger partial charge in [0.2, 0.25) is 0 Å². The van der Waals surface area contributed by atoms with Crippen LogP contribution in [-0.2, 0) is 9.47 Å². The van der Waals surface area contributed by atoms with Crippen LogP contribution in [0.3, 0.4) is 0 Å². The first-order valence-corrected chi connectivity index (χ1v) is 8.90. The Morgan fingerprint density at radius 3 is 2.56 bits per heavy atom. The van der Waals surface area contributed by atoms with E-state index >= 15 is 0 Å². The first-order chi connectivity index (χ1) is 11.6. The first-order valence-electron chi connectivity index (χ1n) is 8.11. The van der Waals surface area contributed by atoms with Crippen molar-refractivity contribution in [2.75, 3.05) is 31.6 Å². The third-order valence-electron chi connectivity index (χ3n) is 3.79. The smallest absolute Gasteiger partial charge is 0.410 e. The van der Waals surface area contributed by atoms with Gasteiger partial charge in [0.25, 0.3) is 0 Å². The normalized spacial score (nSPS) is 18.1. The molecule has 0 radical (unpaired) electrons. The van der Waals surface area contributed by atoms with E-state index in [9.17, 15) is 9.59 Å². The predicted molar refractivity (Wildman–Crippen MR) is 97.9 cm³/mol. The molecule has 1 saturated heterocycles. The number of aromatic nitrogens is 1. The van der Waals surface area contributed by atoms with Gasteiger partial charge in [-0.05, 0) is 49.7 Å². The van der Waals surface area contributed by atoms with Gasteiger partial charge in [-0.2, -0.15) is 0 Å². The number of halogens is 1. The van der Waals surface area contributed by atoms with Gasteiger partial charge in [-0.25, -0.2) is 14.6 Å². The van der Waals surface area contributed by atoms with E-state index in [0.29, 0.717) is 35.5 Å². The molecule has 25 heavy (non-hydrogen) atoms. The Morgan fingerprint density at radius 1 is 1.32 bits per heavy atom. The lowest BCUT2D eigenvalue weighted by atomic mass is 10.1. The lowest BCUT2D eigenvalue weighted by Gasteiger charge is -2.41. The van der Waals surface area contributed by atoms with Crippen LogP contribution in [0.25, 0.3) is 0 Å². The average molecular weight is 414 g/mol. The predicted octanol–water partition coefficient (Wildman–Crippen LogP) is 3.08. The fraction of sp³-hybridized carbons (Fsp3) is 0.588. The molecule has 138 valence electrons. The van der Waals surface area contributed by atoms with Crippen LogP contribution in [0.5, 0.6) is 0 Å². The van der Waals surface area contributed by atoms with E-state index in [-0.39, 0.29) is 12.1 Å². The van der Waals surface area contributed by atoms with Crippen molar-refractivity contribution >= 4 is 33.8 Å². The zero-order valence-electron chi connectivity index (χ0n) is 15.2. The molecular formula is C17H24BrN3O4. The number of rotatable bonds is 2. The van der Waals surface area contributed by atoms with Crippen molar-refractivity contribution in [1.29, 1.82) is 0 Å². The van der Waals surface area contributed by atoms with Crippen molar-refractivity contribution in [3.8, 4) is 0 Å². The molecule has 1 aromatic heterocycles. The van der Waals surface area contributed by atoms with Crippen LogP contribution < -0.4 is 4.90 Å². The SMILES string of the molecule is COC(=O)c1cc(Br)cnc1N1CCN(C(=O)OC(C)(C)C)C(C)C1. The molecule has 8 heteroatoms. The second-order valence-electron chi connectivity index (χ2n) is 6.99. The van der Waals surface area contributed by atoms with Crippen molar-refractivity contribution in [2.45, 2.75) is 39.3 Å². The van der Waals surface area contributed by atoms with Gasteiger partial charge < -0.3 is 19.3 Å². The lowest BCUT2D eigenvalue weighted by molar-refractivity contribution is 0.0158. The van der Waals surface area contributed by atoms with E-state index in [4.69, 9.17) is 9.47 Å². The molecule has 1 aliphatic rings. The molecule has 2 rings (SSSR count). The van der Waals surface area contributed by atoms with Crippen molar-refractivity contribution in [2.24, 2.45) is 0 Å². The number of piperazine rings is 1. The Kier molecular flexibility index (Phi) is 5.92. The van der Waals surface area contributed by atoms with Crippen molar-refractivity contribution in [3.63, 3.8) is 0 Å². The maximum atomic E-state index is 12.3. The zero-order chi connectivity index (χ0) is 18.8. The molecule has 1 aliphatic heterocycles. The Morgan fingerprint density at radius 2 is 2.00 bits per heavy atom. The summed E-state index contributed by atoms with van der Waals surface area (Å²) in [6, 6.07) is 1.62. The summed E-state index contributed by atoms with van der Waals surface area (Å²) in [5.74, 6) is 0.122. The summed E-state index contributed by atoms with van der Waals surface area (Å²) in [7, 11) is 1.34. The molecule has 0 spiro atoms. The number of hydrogen-bond donors (Lipinski definition) is 0. The topological polar surface area (TPSA) is 72.0 Å². The Labute approximate surface area is 156 Å². The second-order valence-corrected chi connectivity index (χ2v) is 7.90. The maximum absolute atomic E-state index is 12.3. The zero-order valence-corrected chi connectivity index (χ0v) is 16.8. The van der Waals surface area contributed by atoms with E-state index in [1.165, 1.54) is 7.11 Å². The summed E-state index contributed by atoms with van der Waals surface area (Å²) in [4.78, 5) is 32.4. The van der Waals surface area contributed by atoms with Gasteiger partial charge in [-0.1, -0.05) is 0 Å². The minimum Gasteiger partial charge on any atom is -0.465 e. The molecule has 1 fully saturated rings. The summed E-state index contributed by atoms with van der Waals surface area (Å²) < 4.78 is 11.0. The van der Waals surface area contributed by atoms with Gasteiger partial charge in [-0.15, -0.1) is 0 Å². The third-order valence-corrected chi connectivity index (χ3v) is 4.23. The van der Waals surface area contributed by atoms with Gasteiger partial charge >= 0.3 is 12.1 Å². The number of nitrogens with zero attached hydrogens (tertiary/aromatic N) is 3. The van der Waals surface area contributed by atoms with Crippen LogP contribution in [0.1, 0.15) is 38.1 Å². The van der Waals surface area contributed by atoms with Crippen LogP contribution in [0, 0.1) is 0 Å². The van der Waals surface area contributed by atoms with Crippen LogP contribution in [-0.4, -0.2) is 60.3 Å². The molecular weight excluding hydrogens is 390 g/mol. The number of methoxy groups -OCH3 is 1. The molecule has 0 bridgehead atoms. The summed E-state index contributed by atoms with van der Waals surface area (Å²) in [5, 5.41) is 0. The van der Waals surface area contributed by atoms with Crippen LogP contribution in [0.4, 0.5) is 10.6 Å². The van der Waals surface area contributed by atoms with Crippen LogP contribution >= 0.6 is 15.9 Å². The molecule has 2 heterocycles. The summed E-state index contributed by atoms with van der Waals surface area (Å²) in [6.45, 7) is 9.10. The van der Waals surface area contributed by atoms with E-state index in [2.05, 4.69) is 20.9 Å². The van der Waals surface area contributed by atoms with E-state index in [1.807, 2.05) is 32.6 Å². The molecule has 0 N–H and O–H groups in total. The van der Waals surface area contributed by atoms with Crippen LogP contribution in [0.15, 0.2) is 16.7 Å². The van der Waals surface area contributed by atoms with Crippen molar-refractivity contribution in [1.82, 2.24) is 9.88 Å². The van der Waals surface area contributed by atoms with Gasteiger partial charge in [0, 0.05) is 36.3 Å². The third kappa shape index (κ3) is 4.84. The minimum absolute atomic E-state index is 0.0699. The number of carbonyl (C=O) groups is 2. The molecule has 1 aromatic rings. The number of amides is 1. The minimum atomic E-state index is -0.529. The summed E-state index contributed by atoms with van der Waals surface area (Å²) in [5.41, 5.74) is -0.131. The largest absolute Gasteiger partial charge is 0.465 e. The van der Waals surface area contributed by atoms with Gasteiger partial charge in [0.05, 0.1) is 7.11 Å². The van der Waals surface area contributed by atoms with Gasteiger partial charge in [0.1, 0.15) is 17.0 Å². The molecule has 7 nitrogen and oxygen atoms in total. The monoisotopic (exact) mass is 413 g/mol. The fourth-order valence-corrected chi connectivity index (χ4v) is 3.02. The highest BCUT2D eigenvalue weighted by Gasteiger charge is 2.32. The highest BCUT2D eigenvalue weighted by molar-refractivity contribution is 9.10. The number of carbonyl (C=O) groups excluding carboxylic acids is 2. The standard InChI is InChI=1S/C17H24BrN3O4/c1-11-10-20(6-7-21(11)16(23)25-17(2,3)4)14-13(15(22)24-5)8-12(18)9-19-14/h8-9,11H,6-7,10H2,1-5H3. The lowest BCUT2D eigenvalue weighted by Crippen LogP contribution is -2.55. The molecule has 1 amide bonds. The first kappa shape index (κ1) is 19.5. The summed E-state index contributed by atoms with van der Waals surface area (Å²) in [6.07, 6.45) is 1.32. The van der Waals surface area contributed by atoms with Gasteiger partial charge in [0.15, 0.2) is 0 Å². The second kappa shape index (κ2) is 7.59. The van der Waals surface area contributed by atoms with Crippen molar-refractivity contribution < 1.29 is 19.1 Å². The Balaban J connectivity index is 2.16. The highest BCUT2D eigenvalue weighted by Crippen LogP contribution is 2.25. The number of hydrogen-bond acceptors (Lipinski definition) is 6. The van der Waals surface area contributed by atoms with E-state index < -0.39 is 11.6 Å². The average Bonchev–Trinajstić information content (AvgIpc) is 2.52. The Bertz CT molecular complexity index is 660. The summed E-state index contributed by atoms with van der Waals surface area (Å²) >= 11 is 3.33. The van der Waals surface area contributed by atoms with E-state index in [0.717, 1.165) is 0 Å². The van der Waals surface area contributed by atoms with Crippen molar-refractivity contribution in [3.05, 3.63) is 22.3 Å². The molecule has 0 aromatic carbocycles. The Hall–Kier alpha value is -1.83. The van der Waals surface area contributed by atoms with E-state index in [1.54, 1.807) is 17.2 Å². The molecule has 0 aliphatic carbocycles. The number of ether oxygens (including phenoxy) is 2. The quantitative estimate of drug-likeness (QED) is 0.693. The molecule has 0 saturated carbocycles. The fourth-order valence-electron chi connectivity index (χ4n) is 2.69. The molecule has 1 atom stereocenters. The molecule has 1 unspecified atom stereocenters. The van der Waals surface area contributed by atoms with Gasteiger partial charge in [-0.3, -0.25) is 0 Å². The number of pyridine rings is 1.